The lowest BCUT2D eigenvalue weighted by atomic mass is 10.5. The normalized spacial score (nSPS) is 6.75. The molecule has 0 amide bonds. The Hall–Kier alpha value is 0.245. The molecule has 1 N–H and O–H groups in total. The SMILES string of the molecule is OB(F)Cl. The number of halogens is 2. The first-order chi connectivity index (χ1) is 1.73. The van der Waals surface area contributed by atoms with Gasteiger partial charge in [-0.15, -0.1) is 11.5 Å². The lowest BCUT2D eigenvalue weighted by Crippen LogP contribution is -1.85. The molecule has 0 aromatic carbocycles. The van der Waals surface area contributed by atoms with Gasteiger partial charge in [0.25, 0.3) is 0 Å². The molecule has 0 fully saturated rings. The van der Waals surface area contributed by atoms with E-state index in [1.165, 1.54) is 0 Å². The third kappa shape index (κ3) is 58.0. The molecule has 0 unspecified atom stereocenters. The van der Waals surface area contributed by atoms with Gasteiger partial charge in [-0.05, 0) is 0 Å². The Morgan fingerprint density at radius 2 is 2.00 bits per heavy atom. The first-order valence-corrected chi connectivity index (χ1v) is 1.13. The Bertz CT molecular complexity index is 12.8. The second-order valence-corrected chi connectivity index (χ2v) is 0.638. The zero-order chi connectivity index (χ0) is 3.58. The Kier molecular flexibility index (Phi) is 1.65. The minimum absolute atomic E-state index is 2.19. The molecule has 4 heteroatoms. The molecule has 0 aromatic heterocycles. The minimum atomic E-state index is -2.19. The number of hydrogen-bond acceptors (Lipinski definition) is 1. The highest BCUT2D eigenvalue weighted by molar-refractivity contribution is 6.98. The van der Waals surface area contributed by atoms with Crippen molar-refractivity contribution >= 4 is 18.1 Å². The van der Waals surface area contributed by atoms with Crippen molar-refractivity contribution < 1.29 is 9.34 Å². The summed E-state index contributed by atoms with van der Waals surface area (Å²) in [5.41, 5.74) is 0. The summed E-state index contributed by atoms with van der Waals surface area (Å²) in [6.45, 7) is -2.19. The van der Waals surface area contributed by atoms with Gasteiger partial charge in [-0.3, -0.25) is 4.32 Å². The average molecular weight is 82.3 g/mol. The summed E-state index contributed by atoms with van der Waals surface area (Å²) < 4.78 is 10.3. The average Bonchev–Trinajstić information content (AvgIpc) is 0.811. The highest BCUT2D eigenvalue weighted by Crippen LogP contribution is 1.77. The molecule has 0 aliphatic rings. The van der Waals surface area contributed by atoms with E-state index in [0.29, 0.717) is 0 Å². The Morgan fingerprint density at radius 1 is 2.00 bits per heavy atom. The summed E-state index contributed by atoms with van der Waals surface area (Å²) in [7, 11) is 0. The fourth-order valence-corrected chi connectivity index (χ4v) is 0. The fourth-order valence-electron chi connectivity index (χ4n) is 0. The summed E-state index contributed by atoms with van der Waals surface area (Å²) >= 11 is 4.16. The molecule has 0 spiro atoms. The van der Waals surface area contributed by atoms with Crippen molar-refractivity contribution in [2.24, 2.45) is 0 Å². The fraction of sp³-hybridized carbons (Fsp3) is 0. The van der Waals surface area contributed by atoms with Crippen LogP contribution in [0, 0.1) is 0 Å². The summed E-state index contributed by atoms with van der Waals surface area (Å²) in [4.78, 5) is 0. The van der Waals surface area contributed by atoms with Crippen molar-refractivity contribution in [3.05, 3.63) is 0 Å². The van der Waals surface area contributed by atoms with Crippen molar-refractivity contribution in [1.82, 2.24) is 0 Å². The second-order valence-electron chi connectivity index (χ2n) is 0.278. The largest absolute Gasteiger partial charge is 0.607 e. The molecule has 24 valence electrons. The van der Waals surface area contributed by atoms with Crippen molar-refractivity contribution in [1.29, 1.82) is 0 Å². The van der Waals surface area contributed by atoms with Gasteiger partial charge in [-0.2, -0.15) is 0 Å². The molecular formula is HBClFO. The molecule has 0 saturated heterocycles. The maximum atomic E-state index is 10.3. The Balaban J connectivity index is 2.32. The van der Waals surface area contributed by atoms with E-state index in [-0.39, 0.29) is 0 Å². The van der Waals surface area contributed by atoms with Gasteiger partial charge >= 0.3 is 6.61 Å². The van der Waals surface area contributed by atoms with Gasteiger partial charge in [-0.1, -0.05) is 0 Å². The Labute approximate surface area is 28.5 Å². The zero-order valence-corrected chi connectivity index (χ0v) is 2.54. The molecule has 0 radical (unpaired) electrons. The highest BCUT2D eigenvalue weighted by atomic mass is 35.5. The minimum Gasteiger partial charge on any atom is -0.410 e. The van der Waals surface area contributed by atoms with Gasteiger partial charge in [0.2, 0.25) is 0 Å². The monoisotopic (exact) mass is 82.0 g/mol. The number of hydrogen-bond donors (Lipinski definition) is 1. The van der Waals surface area contributed by atoms with Gasteiger partial charge in [-0.25, -0.2) is 0 Å². The zero-order valence-electron chi connectivity index (χ0n) is 1.78. The van der Waals surface area contributed by atoms with E-state index >= 15 is 0 Å². The van der Waals surface area contributed by atoms with Crippen LogP contribution >= 0.6 is 11.5 Å². The summed E-state index contributed by atoms with van der Waals surface area (Å²) in [5.74, 6) is 0. The first-order valence-electron chi connectivity index (χ1n) is 0.695. The maximum absolute atomic E-state index is 10.3. The third-order valence-corrected chi connectivity index (χ3v) is 0. The van der Waals surface area contributed by atoms with E-state index in [2.05, 4.69) is 11.5 Å². The summed E-state index contributed by atoms with van der Waals surface area (Å²) in [6, 6.07) is 0. The molecule has 1 nitrogen and oxygen atoms in total. The second kappa shape index (κ2) is 1.55. The van der Waals surface area contributed by atoms with E-state index in [1.807, 2.05) is 0 Å². The van der Waals surface area contributed by atoms with Crippen LogP contribution < -0.4 is 0 Å². The predicted molar refractivity (Wildman–Crippen MR) is 14.9 cm³/mol. The maximum Gasteiger partial charge on any atom is 0.607 e. The van der Waals surface area contributed by atoms with Crippen LogP contribution in [0.2, 0.25) is 0 Å². The molecular weight excluding hydrogens is 81.3 g/mol. The predicted octanol–water partition coefficient (Wildman–Crippen LogP) is 0.172. The lowest BCUT2D eigenvalue weighted by molar-refractivity contribution is 0.525. The van der Waals surface area contributed by atoms with Crippen LogP contribution in [0.5, 0.6) is 0 Å². The lowest BCUT2D eigenvalue weighted by Gasteiger charge is -1.62. The van der Waals surface area contributed by atoms with Crippen LogP contribution in [0.15, 0.2) is 0 Å². The molecule has 0 rings (SSSR count). The van der Waals surface area contributed by atoms with Crippen molar-refractivity contribution in [3.63, 3.8) is 0 Å². The van der Waals surface area contributed by atoms with Crippen molar-refractivity contribution in [3.8, 4) is 0 Å². The van der Waals surface area contributed by atoms with E-state index in [1.54, 1.807) is 0 Å². The van der Waals surface area contributed by atoms with Gasteiger partial charge in [0.05, 0.1) is 0 Å². The van der Waals surface area contributed by atoms with Gasteiger partial charge < -0.3 is 5.02 Å². The van der Waals surface area contributed by atoms with Gasteiger partial charge in [0.15, 0.2) is 0 Å². The molecule has 0 bridgehead atoms. The van der Waals surface area contributed by atoms with E-state index in [4.69, 9.17) is 5.02 Å². The van der Waals surface area contributed by atoms with Crippen LogP contribution in [0.1, 0.15) is 0 Å². The molecule has 4 heavy (non-hydrogen) atoms. The quantitative estimate of drug-likeness (QED) is 0.413. The van der Waals surface area contributed by atoms with Gasteiger partial charge in [0, 0.05) is 0 Å². The van der Waals surface area contributed by atoms with E-state index in [9.17, 15) is 4.32 Å². The summed E-state index contributed by atoms with van der Waals surface area (Å²) in [6.07, 6.45) is 0. The molecule has 0 atom stereocenters. The molecule has 0 aromatic rings. The molecule has 0 aliphatic heterocycles. The van der Waals surface area contributed by atoms with Crippen LogP contribution in [-0.4, -0.2) is 11.6 Å². The molecule has 0 aliphatic carbocycles. The molecule has 0 saturated carbocycles. The van der Waals surface area contributed by atoms with Crippen molar-refractivity contribution in [2.45, 2.75) is 0 Å². The smallest absolute Gasteiger partial charge is 0.410 e. The van der Waals surface area contributed by atoms with E-state index in [0.717, 1.165) is 0 Å². The topological polar surface area (TPSA) is 20.2 Å². The number of rotatable bonds is 0. The van der Waals surface area contributed by atoms with Crippen LogP contribution in [0.3, 0.4) is 0 Å². The van der Waals surface area contributed by atoms with Crippen LogP contribution in [0.4, 0.5) is 4.32 Å². The highest BCUT2D eigenvalue weighted by Gasteiger charge is 1.96. The summed E-state index contributed by atoms with van der Waals surface area (Å²) in [5, 5.41) is 7.15. The van der Waals surface area contributed by atoms with Gasteiger partial charge in [0.1, 0.15) is 0 Å². The van der Waals surface area contributed by atoms with Crippen LogP contribution in [0.25, 0.3) is 0 Å². The van der Waals surface area contributed by atoms with E-state index < -0.39 is 6.61 Å². The third-order valence-electron chi connectivity index (χ3n) is 0. The Morgan fingerprint density at radius 3 is 2.00 bits per heavy atom. The van der Waals surface area contributed by atoms with Crippen LogP contribution in [-0.2, 0) is 0 Å². The van der Waals surface area contributed by atoms with Crippen molar-refractivity contribution in [2.75, 3.05) is 0 Å². The first kappa shape index (κ1) is 4.24. The molecule has 0 heterocycles. The standard InChI is InChI=1S/BClFHO/c2-1(3)4/h4H.